The molecule has 0 aliphatic rings. The van der Waals surface area contributed by atoms with Crippen molar-refractivity contribution in [2.45, 2.75) is 20.3 Å². The number of hydrogen-bond acceptors (Lipinski definition) is 4. The highest BCUT2D eigenvalue weighted by Gasteiger charge is 2.12. The molecule has 0 aliphatic heterocycles. The van der Waals surface area contributed by atoms with Crippen LogP contribution in [-0.2, 0) is 11.2 Å². The Hall–Kier alpha value is -3.02. The number of carbonyl (C=O) groups excluding carboxylic acids is 1. The summed E-state index contributed by atoms with van der Waals surface area (Å²) in [6.07, 6.45) is 0.0988. The maximum absolute atomic E-state index is 12.9. The van der Waals surface area contributed by atoms with Crippen molar-refractivity contribution >= 4 is 11.9 Å². The number of benzene rings is 2. The molecule has 3 rings (SSSR count). The van der Waals surface area contributed by atoms with Crippen LogP contribution in [0.3, 0.4) is 0 Å². The van der Waals surface area contributed by atoms with Crippen molar-refractivity contribution in [1.29, 1.82) is 0 Å². The average molecular weight is 325 g/mol. The molecule has 0 saturated heterocycles. The number of aromatic nitrogens is 2. The molecule has 5 nitrogen and oxygen atoms in total. The first kappa shape index (κ1) is 15.9. The van der Waals surface area contributed by atoms with Gasteiger partial charge in [0, 0.05) is 5.56 Å². The molecule has 122 valence electrons. The van der Waals surface area contributed by atoms with Crippen LogP contribution in [0.15, 0.2) is 46.9 Å². The number of nitrogens with zero attached hydrogens (tertiary/aromatic N) is 2. The Morgan fingerprint density at radius 1 is 1.08 bits per heavy atom. The zero-order chi connectivity index (χ0) is 17.1. The second-order valence-corrected chi connectivity index (χ2v) is 5.64. The highest BCUT2D eigenvalue weighted by Crippen LogP contribution is 2.22. The van der Waals surface area contributed by atoms with E-state index in [1.165, 1.54) is 12.1 Å². The molecule has 1 heterocycles. The highest BCUT2D eigenvalue weighted by atomic mass is 19.1. The van der Waals surface area contributed by atoms with Crippen molar-refractivity contribution in [2.24, 2.45) is 0 Å². The van der Waals surface area contributed by atoms with Crippen molar-refractivity contribution < 1.29 is 13.6 Å². The Balaban J connectivity index is 1.69. The number of rotatable bonds is 4. The zero-order valence-corrected chi connectivity index (χ0v) is 13.3. The Morgan fingerprint density at radius 3 is 2.42 bits per heavy atom. The van der Waals surface area contributed by atoms with Crippen molar-refractivity contribution in [3.63, 3.8) is 0 Å². The Kier molecular flexibility index (Phi) is 4.37. The van der Waals surface area contributed by atoms with Gasteiger partial charge in [0.25, 0.3) is 0 Å². The lowest BCUT2D eigenvalue weighted by Crippen LogP contribution is -2.14. The number of carbonyl (C=O) groups is 1. The molecular formula is C18H16FN3O2. The van der Waals surface area contributed by atoms with Gasteiger partial charge in [0.15, 0.2) is 0 Å². The van der Waals surface area contributed by atoms with Gasteiger partial charge in [-0.3, -0.25) is 10.1 Å². The largest absolute Gasteiger partial charge is 0.403 e. The third-order valence-corrected chi connectivity index (χ3v) is 3.42. The van der Waals surface area contributed by atoms with Crippen LogP contribution in [0.2, 0.25) is 0 Å². The van der Waals surface area contributed by atoms with Crippen molar-refractivity contribution in [2.75, 3.05) is 5.32 Å². The molecule has 1 N–H and O–H groups in total. The minimum atomic E-state index is -0.339. The first-order valence-corrected chi connectivity index (χ1v) is 7.46. The average Bonchev–Trinajstić information content (AvgIpc) is 2.97. The molecule has 1 aromatic heterocycles. The van der Waals surface area contributed by atoms with E-state index < -0.39 is 0 Å². The molecule has 3 aromatic rings. The Morgan fingerprint density at radius 2 is 1.75 bits per heavy atom. The molecule has 0 atom stereocenters. The summed E-state index contributed by atoms with van der Waals surface area (Å²) in [6, 6.07) is 11.7. The third kappa shape index (κ3) is 3.84. The molecular weight excluding hydrogens is 309 g/mol. The van der Waals surface area contributed by atoms with Crippen LogP contribution in [0.5, 0.6) is 0 Å². The molecule has 0 bridgehead atoms. The van der Waals surface area contributed by atoms with Crippen LogP contribution < -0.4 is 5.32 Å². The minimum Gasteiger partial charge on any atom is -0.403 e. The predicted molar refractivity (Wildman–Crippen MR) is 87.9 cm³/mol. The van der Waals surface area contributed by atoms with Gasteiger partial charge in [-0.05, 0) is 43.7 Å². The van der Waals surface area contributed by atoms with E-state index in [0.29, 0.717) is 11.5 Å². The van der Waals surface area contributed by atoms with Gasteiger partial charge in [-0.15, -0.1) is 5.10 Å². The van der Waals surface area contributed by atoms with Gasteiger partial charge in [-0.25, -0.2) is 4.39 Å². The summed E-state index contributed by atoms with van der Waals surface area (Å²) in [5, 5.41) is 10.3. The molecule has 0 spiro atoms. The van der Waals surface area contributed by atoms with Crippen LogP contribution in [0.4, 0.5) is 10.4 Å². The molecule has 0 saturated carbocycles. The summed E-state index contributed by atoms with van der Waals surface area (Å²) in [6.45, 7) is 3.97. The number of nitrogens with one attached hydrogen (secondary N) is 1. The number of halogens is 1. The maximum Gasteiger partial charge on any atom is 0.322 e. The first-order chi connectivity index (χ1) is 11.5. The molecule has 0 fully saturated rings. The summed E-state index contributed by atoms with van der Waals surface area (Å²) in [5.41, 5.74) is 3.68. The van der Waals surface area contributed by atoms with Gasteiger partial charge >= 0.3 is 6.01 Å². The normalized spacial score (nSPS) is 10.6. The molecule has 2 aromatic carbocycles. The number of amides is 1. The van der Waals surface area contributed by atoms with Crippen molar-refractivity contribution in [3.8, 4) is 11.5 Å². The minimum absolute atomic E-state index is 0.0382. The van der Waals surface area contributed by atoms with E-state index in [1.807, 2.05) is 32.0 Å². The molecule has 6 heteroatoms. The van der Waals surface area contributed by atoms with Crippen LogP contribution in [-0.4, -0.2) is 16.1 Å². The molecule has 0 radical (unpaired) electrons. The van der Waals surface area contributed by atoms with E-state index in [2.05, 4.69) is 15.5 Å². The van der Waals surface area contributed by atoms with Gasteiger partial charge in [-0.2, -0.15) is 0 Å². The van der Waals surface area contributed by atoms with Gasteiger partial charge in [0.05, 0.1) is 6.42 Å². The van der Waals surface area contributed by atoms with Gasteiger partial charge in [0.2, 0.25) is 11.8 Å². The fourth-order valence-electron chi connectivity index (χ4n) is 2.44. The van der Waals surface area contributed by atoms with Gasteiger partial charge in [0.1, 0.15) is 5.82 Å². The predicted octanol–water partition coefficient (Wildman–Crippen LogP) is 3.67. The van der Waals surface area contributed by atoms with Crippen LogP contribution >= 0.6 is 0 Å². The number of anilines is 1. The zero-order valence-electron chi connectivity index (χ0n) is 13.3. The third-order valence-electron chi connectivity index (χ3n) is 3.42. The lowest BCUT2D eigenvalue weighted by Gasteiger charge is -2.01. The number of aryl methyl sites for hydroxylation is 2. The smallest absolute Gasteiger partial charge is 0.322 e. The van der Waals surface area contributed by atoms with Crippen molar-refractivity contribution in [3.05, 3.63) is 65.0 Å². The SMILES string of the molecule is Cc1cc(C)cc(-c2nnc(NC(=O)Cc3ccc(F)cc3)o2)c1. The summed E-state index contributed by atoms with van der Waals surface area (Å²) in [4.78, 5) is 12.0. The lowest BCUT2D eigenvalue weighted by molar-refractivity contribution is -0.115. The first-order valence-electron chi connectivity index (χ1n) is 7.46. The van der Waals surface area contributed by atoms with E-state index in [9.17, 15) is 9.18 Å². The summed E-state index contributed by atoms with van der Waals surface area (Å²) < 4.78 is 18.4. The van der Waals surface area contributed by atoms with E-state index in [0.717, 1.165) is 16.7 Å². The van der Waals surface area contributed by atoms with Crippen LogP contribution in [0.1, 0.15) is 16.7 Å². The molecule has 1 amide bonds. The quantitative estimate of drug-likeness (QED) is 0.794. The fourth-order valence-corrected chi connectivity index (χ4v) is 2.44. The second kappa shape index (κ2) is 6.62. The van der Waals surface area contributed by atoms with E-state index >= 15 is 0 Å². The second-order valence-electron chi connectivity index (χ2n) is 5.64. The van der Waals surface area contributed by atoms with E-state index in [1.54, 1.807) is 12.1 Å². The monoisotopic (exact) mass is 325 g/mol. The highest BCUT2D eigenvalue weighted by molar-refractivity contribution is 5.90. The van der Waals surface area contributed by atoms with Crippen LogP contribution in [0, 0.1) is 19.7 Å². The summed E-state index contributed by atoms with van der Waals surface area (Å²) in [7, 11) is 0. The fraction of sp³-hybridized carbons (Fsp3) is 0.167. The maximum atomic E-state index is 12.9. The molecule has 24 heavy (non-hydrogen) atoms. The van der Waals surface area contributed by atoms with Gasteiger partial charge < -0.3 is 4.42 Å². The molecule has 0 unspecified atom stereocenters. The van der Waals surface area contributed by atoms with Gasteiger partial charge in [-0.1, -0.05) is 34.4 Å². The standard InChI is InChI=1S/C18H16FN3O2/c1-11-7-12(2)9-14(8-11)17-21-22-18(24-17)20-16(23)10-13-3-5-15(19)6-4-13/h3-9H,10H2,1-2H3,(H,20,22,23). The Labute approximate surface area is 138 Å². The summed E-state index contributed by atoms with van der Waals surface area (Å²) in [5.74, 6) is -0.301. The topological polar surface area (TPSA) is 68.0 Å². The Bertz CT molecular complexity index is 852. The van der Waals surface area contributed by atoms with Crippen LogP contribution in [0.25, 0.3) is 11.5 Å². The summed E-state index contributed by atoms with van der Waals surface area (Å²) >= 11 is 0. The van der Waals surface area contributed by atoms with Crippen molar-refractivity contribution in [1.82, 2.24) is 10.2 Å². The van der Waals surface area contributed by atoms with E-state index in [4.69, 9.17) is 4.42 Å². The molecule has 0 aliphatic carbocycles. The lowest BCUT2D eigenvalue weighted by atomic mass is 10.1. The van der Waals surface area contributed by atoms with E-state index in [-0.39, 0.29) is 24.2 Å². The number of hydrogen-bond donors (Lipinski definition) is 1.